The summed E-state index contributed by atoms with van der Waals surface area (Å²) in [7, 11) is 0. The van der Waals surface area contributed by atoms with Crippen molar-refractivity contribution < 1.29 is 4.79 Å². The first-order valence-corrected chi connectivity index (χ1v) is 6.51. The molecule has 3 N–H and O–H groups in total. The second-order valence-corrected chi connectivity index (χ2v) is 5.70. The third-order valence-corrected chi connectivity index (χ3v) is 3.72. The third-order valence-electron chi connectivity index (χ3n) is 3.72. The van der Waals surface area contributed by atoms with Gasteiger partial charge in [-0.25, -0.2) is 10.8 Å². The Morgan fingerprint density at radius 1 is 1.44 bits per heavy atom. The molecule has 18 heavy (non-hydrogen) atoms. The molecule has 100 valence electrons. The van der Waals surface area contributed by atoms with Gasteiger partial charge < -0.3 is 4.57 Å². The van der Waals surface area contributed by atoms with E-state index < -0.39 is 5.41 Å². The summed E-state index contributed by atoms with van der Waals surface area (Å²) >= 11 is 0. The first kappa shape index (κ1) is 13.1. The minimum absolute atomic E-state index is 0.139. The Bertz CT molecular complexity index is 462. The molecular weight excluding hydrogens is 228 g/mol. The maximum absolute atomic E-state index is 11.8. The molecule has 5 nitrogen and oxygen atoms in total. The van der Waals surface area contributed by atoms with Crippen LogP contribution in [0.25, 0.3) is 0 Å². The molecule has 1 aliphatic rings. The van der Waals surface area contributed by atoms with E-state index in [1.807, 2.05) is 20.8 Å². The number of amides is 1. The van der Waals surface area contributed by atoms with Crippen molar-refractivity contribution in [2.45, 2.75) is 53.0 Å². The van der Waals surface area contributed by atoms with Crippen LogP contribution in [0.1, 0.15) is 43.9 Å². The molecule has 0 fully saturated rings. The second kappa shape index (κ2) is 4.72. The number of fused-ring (bicyclic) bond motifs is 1. The zero-order chi connectivity index (χ0) is 13.3. The lowest BCUT2D eigenvalue weighted by Gasteiger charge is -2.25. The summed E-state index contributed by atoms with van der Waals surface area (Å²) in [5, 5.41) is 0. The maximum atomic E-state index is 11.8. The van der Waals surface area contributed by atoms with Gasteiger partial charge in [0, 0.05) is 12.2 Å². The molecule has 5 heteroatoms. The van der Waals surface area contributed by atoms with Gasteiger partial charge >= 0.3 is 0 Å². The first-order valence-electron chi connectivity index (χ1n) is 6.51. The predicted molar refractivity (Wildman–Crippen MR) is 69.7 cm³/mol. The average molecular weight is 250 g/mol. The molecule has 0 atom stereocenters. The van der Waals surface area contributed by atoms with Crippen LogP contribution in [0.2, 0.25) is 0 Å². The molecule has 0 aromatic carbocycles. The van der Waals surface area contributed by atoms with Gasteiger partial charge in [-0.3, -0.25) is 10.2 Å². The number of nitrogens with zero attached hydrogens (tertiary/aromatic N) is 2. The third kappa shape index (κ3) is 2.27. The Labute approximate surface area is 108 Å². The highest BCUT2D eigenvalue weighted by Crippen LogP contribution is 2.26. The molecule has 1 heterocycles. The van der Waals surface area contributed by atoms with Crippen molar-refractivity contribution >= 4 is 5.91 Å². The lowest BCUT2D eigenvalue weighted by Crippen LogP contribution is -2.43. The summed E-state index contributed by atoms with van der Waals surface area (Å²) in [5.41, 5.74) is 4.24. The molecule has 0 saturated heterocycles. The SMILES string of the molecule is Cc1nc2c(n1CC(C)(C)C(=O)NN)CCCC2. The van der Waals surface area contributed by atoms with Gasteiger partial charge in [0.1, 0.15) is 5.82 Å². The van der Waals surface area contributed by atoms with Crippen molar-refractivity contribution in [1.29, 1.82) is 0 Å². The number of aromatic nitrogens is 2. The molecule has 1 aromatic heterocycles. The standard InChI is InChI=1S/C13H22N4O/c1-9-15-10-6-4-5-7-11(10)17(9)8-13(2,3)12(18)16-14/h4-8,14H2,1-3H3,(H,16,18). The molecule has 0 saturated carbocycles. The topological polar surface area (TPSA) is 72.9 Å². The molecule has 0 spiro atoms. The van der Waals surface area contributed by atoms with Crippen LogP contribution in [0.3, 0.4) is 0 Å². The van der Waals surface area contributed by atoms with Gasteiger partial charge in [-0.05, 0) is 46.5 Å². The van der Waals surface area contributed by atoms with Crippen LogP contribution in [0.15, 0.2) is 0 Å². The van der Waals surface area contributed by atoms with Crippen LogP contribution in [-0.4, -0.2) is 15.5 Å². The Kier molecular flexibility index (Phi) is 3.43. The summed E-state index contributed by atoms with van der Waals surface area (Å²) in [5.74, 6) is 6.10. The fourth-order valence-corrected chi connectivity index (χ4v) is 2.61. The zero-order valence-corrected chi connectivity index (χ0v) is 11.4. The zero-order valence-electron chi connectivity index (χ0n) is 11.4. The van der Waals surface area contributed by atoms with Gasteiger partial charge in [0.15, 0.2) is 0 Å². The lowest BCUT2D eigenvalue weighted by atomic mass is 9.91. The van der Waals surface area contributed by atoms with E-state index in [-0.39, 0.29) is 5.91 Å². The summed E-state index contributed by atoms with van der Waals surface area (Å²) in [6.45, 7) is 6.45. The number of nitrogens with one attached hydrogen (secondary N) is 1. The van der Waals surface area contributed by atoms with Crippen molar-refractivity contribution in [3.8, 4) is 0 Å². The number of imidazole rings is 1. The number of hydrazine groups is 1. The van der Waals surface area contributed by atoms with Gasteiger partial charge in [0.2, 0.25) is 5.91 Å². The van der Waals surface area contributed by atoms with Crippen LogP contribution in [0.5, 0.6) is 0 Å². The molecular formula is C13H22N4O. The Balaban J connectivity index is 2.29. The molecule has 0 aliphatic heterocycles. The Morgan fingerprint density at radius 3 is 2.78 bits per heavy atom. The smallest absolute Gasteiger partial charge is 0.241 e. The van der Waals surface area contributed by atoms with Crippen molar-refractivity contribution in [3.05, 3.63) is 17.2 Å². The Hall–Kier alpha value is -1.36. The van der Waals surface area contributed by atoms with E-state index in [2.05, 4.69) is 15.0 Å². The van der Waals surface area contributed by atoms with E-state index in [0.717, 1.165) is 18.7 Å². The van der Waals surface area contributed by atoms with Crippen molar-refractivity contribution in [3.63, 3.8) is 0 Å². The summed E-state index contributed by atoms with van der Waals surface area (Å²) in [4.78, 5) is 16.4. The monoisotopic (exact) mass is 250 g/mol. The second-order valence-electron chi connectivity index (χ2n) is 5.70. The minimum Gasteiger partial charge on any atom is -0.331 e. The molecule has 1 amide bonds. The summed E-state index contributed by atoms with van der Waals surface area (Å²) in [6, 6.07) is 0. The molecule has 0 radical (unpaired) electrons. The lowest BCUT2D eigenvalue weighted by molar-refractivity contribution is -0.130. The fraction of sp³-hybridized carbons (Fsp3) is 0.692. The predicted octanol–water partition coefficient (Wildman–Crippen LogP) is 1.09. The van der Waals surface area contributed by atoms with Crippen LogP contribution in [-0.2, 0) is 24.2 Å². The van der Waals surface area contributed by atoms with Gasteiger partial charge in [-0.1, -0.05) is 0 Å². The van der Waals surface area contributed by atoms with Crippen LogP contribution < -0.4 is 11.3 Å². The number of aryl methyl sites for hydroxylation is 2. The van der Waals surface area contributed by atoms with E-state index in [1.54, 1.807) is 0 Å². The average Bonchev–Trinajstić information content (AvgIpc) is 2.65. The van der Waals surface area contributed by atoms with Gasteiger partial charge in [-0.15, -0.1) is 0 Å². The number of carbonyl (C=O) groups excluding carboxylic acids is 1. The summed E-state index contributed by atoms with van der Waals surface area (Å²) in [6.07, 6.45) is 4.56. The Morgan fingerprint density at radius 2 is 2.11 bits per heavy atom. The normalized spacial score (nSPS) is 15.3. The molecule has 2 rings (SSSR count). The number of hydrogen-bond donors (Lipinski definition) is 2. The van der Waals surface area contributed by atoms with E-state index >= 15 is 0 Å². The highest BCUT2D eigenvalue weighted by molar-refractivity contribution is 5.81. The number of nitrogens with two attached hydrogens (primary N) is 1. The van der Waals surface area contributed by atoms with Gasteiger partial charge in [0.05, 0.1) is 11.1 Å². The highest BCUT2D eigenvalue weighted by Gasteiger charge is 2.30. The molecule has 1 aliphatic carbocycles. The van der Waals surface area contributed by atoms with Gasteiger partial charge in [-0.2, -0.15) is 0 Å². The first-order chi connectivity index (χ1) is 8.45. The molecule has 0 bridgehead atoms. The number of hydrogen-bond acceptors (Lipinski definition) is 3. The van der Waals surface area contributed by atoms with Crippen molar-refractivity contribution in [2.24, 2.45) is 11.3 Å². The quantitative estimate of drug-likeness (QED) is 0.479. The van der Waals surface area contributed by atoms with Crippen LogP contribution in [0, 0.1) is 12.3 Å². The van der Waals surface area contributed by atoms with Crippen molar-refractivity contribution in [1.82, 2.24) is 15.0 Å². The van der Waals surface area contributed by atoms with E-state index in [9.17, 15) is 4.79 Å². The fourth-order valence-electron chi connectivity index (χ4n) is 2.61. The number of carbonyl (C=O) groups is 1. The van der Waals surface area contributed by atoms with E-state index in [0.29, 0.717) is 6.54 Å². The van der Waals surface area contributed by atoms with Gasteiger partial charge in [0.25, 0.3) is 0 Å². The molecule has 1 aromatic rings. The van der Waals surface area contributed by atoms with E-state index in [1.165, 1.54) is 24.2 Å². The number of rotatable bonds is 3. The van der Waals surface area contributed by atoms with Crippen molar-refractivity contribution in [2.75, 3.05) is 0 Å². The van der Waals surface area contributed by atoms with Crippen LogP contribution >= 0.6 is 0 Å². The maximum Gasteiger partial charge on any atom is 0.241 e. The minimum atomic E-state index is -0.522. The van der Waals surface area contributed by atoms with E-state index in [4.69, 9.17) is 5.84 Å². The largest absolute Gasteiger partial charge is 0.331 e. The summed E-state index contributed by atoms with van der Waals surface area (Å²) < 4.78 is 2.18. The highest BCUT2D eigenvalue weighted by atomic mass is 16.2. The molecule has 0 unspecified atom stereocenters. The van der Waals surface area contributed by atoms with Crippen LogP contribution in [0.4, 0.5) is 0 Å².